The molecule has 2 N–H and O–H groups in total. The third-order valence-electron chi connectivity index (χ3n) is 2.88. The molecule has 2 nitrogen and oxygen atoms in total. The van der Waals surface area contributed by atoms with Crippen LogP contribution in [0.4, 0.5) is 13.2 Å². The predicted octanol–water partition coefficient (Wildman–Crippen LogP) is 3.67. The molecule has 0 aliphatic rings. The molecule has 1 atom stereocenters. The molecular formula is C15H14F3NO. The monoisotopic (exact) mass is 281 g/mol. The first-order valence-electron chi connectivity index (χ1n) is 6.10. The van der Waals surface area contributed by atoms with Gasteiger partial charge in [-0.3, -0.25) is 0 Å². The number of hydrogen-bond acceptors (Lipinski definition) is 2. The number of benzene rings is 2. The number of ether oxygens (including phenoxy) is 1. The smallest absolute Gasteiger partial charge is 0.387 e. The molecule has 0 aromatic heterocycles. The van der Waals surface area contributed by atoms with Gasteiger partial charge >= 0.3 is 6.61 Å². The zero-order chi connectivity index (χ0) is 14.5. The van der Waals surface area contributed by atoms with Gasteiger partial charge in [-0.25, -0.2) is 4.39 Å². The highest BCUT2D eigenvalue weighted by Crippen LogP contribution is 2.27. The Morgan fingerprint density at radius 1 is 1.05 bits per heavy atom. The third-order valence-corrected chi connectivity index (χ3v) is 2.88. The van der Waals surface area contributed by atoms with Crippen molar-refractivity contribution in [2.24, 2.45) is 5.73 Å². The molecule has 0 radical (unpaired) electrons. The Hall–Kier alpha value is -2.01. The van der Waals surface area contributed by atoms with Crippen molar-refractivity contribution in [3.05, 3.63) is 65.5 Å². The van der Waals surface area contributed by atoms with Crippen LogP contribution in [0.1, 0.15) is 17.2 Å². The van der Waals surface area contributed by atoms with E-state index in [9.17, 15) is 13.2 Å². The Kier molecular flexibility index (Phi) is 4.63. The molecule has 0 amide bonds. The van der Waals surface area contributed by atoms with E-state index in [4.69, 9.17) is 5.73 Å². The minimum absolute atomic E-state index is 0.0476. The summed E-state index contributed by atoms with van der Waals surface area (Å²) in [6.07, 6.45) is 0.335. The quantitative estimate of drug-likeness (QED) is 0.907. The van der Waals surface area contributed by atoms with Gasteiger partial charge in [0.15, 0.2) is 0 Å². The summed E-state index contributed by atoms with van der Waals surface area (Å²) in [5.41, 5.74) is 7.17. The fourth-order valence-corrected chi connectivity index (χ4v) is 2.02. The van der Waals surface area contributed by atoms with Gasteiger partial charge in [0.05, 0.1) is 0 Å². The number of halogens is 3. The van der Waals surface area contributed by atoms with Gasteiger partial charge in [-0.1, -0.05) is 30.3 Å². The van der Waals surface area contributed by atoms with Crippen molar-refractivity contribution in [3.63, 3.8) is 0 Å². The van der Waals surface area contributed by atoms with Crippen LogP contribution >= 0.6 is 0 Å². The van der Waals surface area contributed by atoms with Crippen molar-refractivity contribution in [1.82, 2.24) is 0 Å². The minimum Gasteiger partial charge on any atom is -0.434 e. The largest absolute Gasteiger partial charge is 0.434 e. The summed E-state index contributed by atoms with van der Waals surface area (Å²) in [7, 11) is 0. The molecule has 2 rings (SSSR count). The Balaban J connectivity index is 2.18. The average Bonchev–Trinajstić information content (AvgIpc) is 2.38. The maximum Gasteiger partial charge on any atom is 0.387 e. The van der Waals surface area contributed by atoms with Gasteiger partial charge in [0.1, 0.15) is 11.6 Å². The molecule has 0 saturated heterocycles. The molecular weight excluding hydrogens is 267 g/mol. The topological polar surface area (TPSA) is 35.2 Å². The number of alkyl halides is 2. The van der Waals surface area contributed by atoms with Gasteiger partial charge in [-0.05, 0) is 30.2 Å². The number of para-hydroxylation sites is 1. The van der Waals surface area contributed by atoms with Crippen molar-refractivity contribution in [1.29, 1.82) is 0 Å². The van der Waals surface area contributed by atoms with E-state index in [0.29, 0.717) is 17.5 Å². The molecule has 2 aromatic carbocycles. The maximum atomic E-state index is 13.1. The van der Waals surface area contributed by atoms with Crippen LogP contribution in [0, 0.1) is 5.82 Å². The summed E-state index contributed by atoms with van der Waals surface area (Å²) in [6, 6.07) is 11.8. The van der Waals surface area contributed by atoms with Gasteiger partial charge in [0.25, 0.3) is 0 Å². The molecule has 106 valence electrons. The van der Waals surface area contributed by atoms with Crippen LogP contribution in [0.25, 0.3) is 0 Å². The molecule has 5 heteroatoms. The highest BCUT2D eigenvalue weighted by atomic mass is 19.3. The minimum atomic E-state index is -2.91. The van der Waals surface area contributed by atoms with Gasteiger partial charge < -0.3 is 10.5 Å². The van der Waals surface area contributed by atoms with Gasteiger partial charge in [0, 0.05) is 11.6 Å². The van der Waals surface area contributed by atoms with Crippen molar-refractivity contribution >= 4 is 0 Å². The zero-order valence-electron chi connectivity index (χ0n) is 10.6. The highest BCUT2D eigenvalue weighted by molar-refractivity contribution is 5.37. The third kappa shape index (κ3) is 3.74. The van der Waals surface area contributed by atoms with Crippen LogP contribution in [0.3, 0.4) is 0 Å². The number of nitrogens with two attached hydrogens (primary N) is 1. The Bertz CT molecular complexity index is 575. The highest BCUT2D eigenvalue weighted by Gasteiger charge is 2.15. The summed E-state index contributed by atoms with van der Waals surface area (Å²) < 4.78 is 42.2. The molecule has 0 heterocycles. The van der Waals surface area contributed by atoms with Crippen molar-refractivity contribution in [2.75, 3.05) is 0 Å². The van der Waals surface area contributed by atoms with E-state index < -0.39 is 12.7 Å². The van der Waals surface area contributed by atoms with Crippen LogP contribution < -0.4 is 10.5 Å². The molecule has 0 spiro atoms. The summed E-state index contributed by atoms with van der Waals surface area (Å²) >= 11 is 0. The first kappa shape index (κ1) is 14.4. The van der Waals surface area contributed by atoms with E-state index in [1.54, 1.807) is 30.3 Å². The average molecular weight is 281 g/mol. The Labute approximate surface area is 115 Å². The van der Waals surface area contributed by atoms with Gasteiger partial charge in [-0.2, -0.15) is 8.78 Å². The second-order valence-corrected chi connectivity index (χ2v) is 4.36. The standard InChI is InChI=1S/C15H14F3NO/c16-11-5-3-4-10(8-11)9-13(19)12-6-1-2-7-14(12)20-15(17)18/h1-8,13,15H,9,19H2. The fraction of sp³-hybridized carbons (Fsp3) is 0.200. The lowest BCUT2D eigenvalue weighted by Crippen LogP contribution is -2.16. The van der Waals surface area contributed by atoms with E-state index in [1.807, 2.05) is 0 Å². The maximum absolute atomic E-state index is 13.1. The lowest BCUT2D eigenvalue weighted by atomic mass is 9.99. The number of hydrogen-bond donors (Lipinski definition) is 1. The van der Waals surface area contributed by atoms with E-state index in [-0.39, 0.29) is 11.6 Å². The molecule has 20 heavy (non-hydrogen) atoms. The van der Waals surface area contributed by atoms with Crippen LogP contribution in [0.15, 0.2) is 48.5 Å². The molecule has 2 aromatic rings. The molecule has 0 aliphatic carbocycles. The lowest BCUT2D eigenvalue weighted by molar-refractivity contribution is -0.0506. The van der Waals surface area contributed by atoms with Gasteiger partial charge in [-0.15, -0.1) is 0 Å². The van der Waals surface area contributed by atoms with Crippen LogP contribution in [0.5, 0.6) is 5.75 Å². The zero-order valence-corrected chi connectivity index (χ0v) is 10.6. The van der Waals surface area contributed by atoms with Crippen LogP contribution in [0.2, 0.25) is 0 Å². The molecule has 0 aliphatic heterocycles. The van der Waals surface area contributed by atoms with E-state index in [0.717, 1.165) is 0 Å². The van der Waals surface area contributed by atoms with Crippen molar-refractivity contribution in [3.8, 4) is 5.75 Å². The van der Waals surface area contributed by atoms with Crippen LogP contribution in [-0.2, 0) is 6.42 Å². The molecule has 0 fully saturated rings. The Morgan fingerprint density at radius 3 is 2.50 bits per heavy atom. The Morgan fingerprint density at radius 2 is 1.80 bits per heavy atom. The SMILES string of the molecule is NC(Cc1cccc(F)c1)c1ccccc1OC(F)F. The number of rotatable bonds is 5. The summed E-state index contributed by atoms with van der Waals surface area (Å²) in [5.74, 6) is -0.307. The van der Waals surface area contributed by atoms with Crippen LogP contribution in [-0.4, -0.2) is 6.61 Å². The fourth-order valence-electron chi connectivity index (χ4n) is 2.02. The first-order chi connectivity index (χ1) is 9.56. The van der Waals surface area contributed by atoms with E-state index >= 15 is 0 Å². The second kappa shape index (κ2) is 6.43. The molecule has 0 saturated carbocycles. The summed E-state index contributed by atoms with van der Waals surface area (Å²) in [4.78, 5) is 0. The lowest BCUT2D eigenvalue weighted by Gasteiger charge is -2.16. The summed E-state index contributed by atoms with van der Waals surface area (Å²) in [5, 5.41) is 0. The molecule has 0 bridgehead atoms. The predicted molar refractivity (Wildman–Crippen MR) is 70.1 cm³/mol. The van der Waals surface area contributed by atoms with E-state index in [2.05, 4.69) is 4.74 Å². The van der Waals surface area contributed by atoms with Crippen molar-refractivity contribution in [2.45, 2.75) is 19.1 Å². The first-order valence-corrected chi connectivity index (χ1v) is 6.10. The second-order valence-electron chi connectivity index (χ2n) is 4.36. The summed E-state index contributed by atoms with van der Waals surface area (Å²) in [6.45, 7) is -2.91. The van der Waals surface area contributed by atoms with Gasteiger partial charge in [0.2, 0.25) is 0 Å². The van der Waals surface area contributed by atoms with E-state index in [1.165, 1.54) is 18.2 Å². The normalized spacial score (nSPS) is 12.4. The van der Waals surface area contributed by atoms with Crippen molar-refractivity contribution < 1.29 is 17.9 Å². The molecule has 1 unspecified atom stereocenters.